The van der Waals surface area contributed by atoms with Crippen LogP contribution in [0.25, 0.3) is 0 Å². The van der Waals surface area contributed by atoms with Gasteiger partial charge in [-0.1, -0.05) is 0 Å². The number of anilines is 1. The number of thiophene rings is 1. The molecule has 19 heavy (non-hydrogen) atoms. The number of imidazole rings is 1. The van der Waals surface area contributed by atoms with Crippen LogP contribution in [0.3, 0.4) is 0 Å². The Hall–Kier alpha value is -2.35. The summed E-state index contributed by atoms with van der Waals surface area (Å²) in [7, 11) is 0. The number of nitrogens with zero attached hydrogens (tertiary/aromatic N) is 1. The molecule has 2 aromatic heterocycles. The second-order valence-corrected chi connectivity index (χ2v) is 4.68. The van der Waals surface area contributed by atoms with Gasteiger partial charge < -0.3 is 15.4 Å². The first kappa shape index (κ1) is 13.1. The molecule has 0 spiro atoms. The monoisotopic (exact) mass is 280 g/mol. The summed E-state index contributed by atoms with van der Waals surface area (Å²) in [5.74, 6) is -0.449. The van der Waals surface area contributed by atoms with Gasteiger partial charge in [-0.3, -0.25) is 5.32 Å². The highest BCUT2D eigenvalue weighted by Gasteiger charge is 2.16. The van der Waals surface area contributed by atoms with Crippen LogP contribution < -0.4 is 10.6 Å². The molecule has 2 amide bonds. The first-order chi connectivity index (χ1) is 9.08. The molecular weight excluding hydrogens is 268 g/mol. The number of aromatic carboxylic acids is 1. The van der Waals surface area contributed by atoms with Gasteiger partial charge in [0.25, 0.3) is 0 Å². The van der Waals surface area contributed by atoms with E-state index in [1.54, 1.807) is 24.7 Å². The van der Waals surface area contributed by atoms with Crippen LogP contribution in [0.15, 0.2) is 23.8 Å². The number of H-pyrrole nitrogens is 1. The minimum Gasteiger partial charge on any atom is -0.478 e. The predicted octanol–water partition coefficient (Wildman–Crippen LogP) is 2.05. The molecule has 0 radical (unpaired) electrons. The fourth-order valence-electron chi connectivity index (χ4n) is 1.49. The number of carbonyl (C=O) groups excluding carboxylic acids is 1. The molecule has 0 aliphatic heterocycles. The number of urea groups is 1. The number of aromatic nitrogens is 2. The van der Waals surface area contributed by atoms with Gasteiger partial charge in [0.1, 0.15) is 10.8 Å². The SMILES string of the molecule is CC(NC(=O)Nc1sccc1C(=O)O)c1ncc[nH]1. The van der Waals surface area contributed by atoms with E-state index in [1.165, 1.54) is 6.07 Å². The van der Waals surface area contributed by atoms with Gasteiger partial charge in [-0.15, -0.1) is 11.3 Å². The topological polar surface area (TPSA) is 107 Å². The van der Waals surface area contributed by atoms with Crippen LogP contribution in [0.2, 0.25) is 0 Å². The van der Waals surface area contributed by atoms with Gasteiger partial charge in [0, 0.05) is 12.4 Å². The molecule has 0 aliphatic carbocycles. The Kier molecular flexibility index (Phi) is 3.81. The molecule has 8 heteroatoms. The van der Waals surface area contributed by atoms with E-state index < -0.39 is 12.0 Å². The number of carbonyl (C=O) groups is 2. The molecule has 2 aromatic rings. The smallest absolute Gasteiger partial charge is 0.338 e. The second-order valence-electron chi connectivity index (χ2n) is 3.76. The molecule has 1 unspecified atom stereocenters. The van der Waals surface area contributed by atoms with Crippen molar-refractivity contribution in [1.29, 1.82) is 0 Å². The lowest BCUT2D eigenvalue weighted by Gasteiger charge is -2.12. The Balaban J connectivity index is 1.98. The zero-order valence-electron chi connectivity index (χ0n) is 10.0. The summed E-state index contributed by atoms with van der Waals surface area (Å²) in [6.45, 7) is 1.77. The fourth-order valence-corrected chi connectivity index (χ4v) is 2.27. The Morgan fingerprint density at radius 2 is 2.32 bits per heavy atom. The average Bonchev–Trinajstić information content (AvgIpc) is 2.98. The van der Waals surface area contributed by atoms with E-state index in [0.717, 1.165) is 11.3 Å². The summed E-state index contributed by atoms with van der Waals surface area (Å²) in [6.07, 6.45) is 3.25. The summed E-state index contributed by atoms with van der Waals surface area (Å²) in [5.41, 5.74) is 0.0748. The third-order valence-electron chi connectivity index (χ3n) is 2.40. The Labute approximate surface area is 112 Å². The number of hydrogen-bond donors (Lipinski definition) is 4. The van der Waals surface area contributed by atoms with Crippen LogP contribution >= 0.6 is 11.3 Å². The van der Waals surface area contributed by atoms with Gasteiger partial charge in [0.2, 0.25) is 0 Å². The number of hydrogen-bond acceptors (Lipinski definition) is 4. The third kappa shape index (κ3) is 3.10. The Morgan fingerprint density at radius 3 is 2.95 bits per heavy atom. The van der Waals surface area contributed by atoms with Gasteiger partial charge in [0.15, 0.2) is 0 Å². The highest BCUT2D eigenvalue weighted by atomic mass is 32.1. The molecule has 4 N–H and O–H groups in total. The maximum Gasteiger partial charge on any atom is 0.338 e. The quantitative estimate of drug-likeness (QED) is 0.687. The van der Waals surface area contributed by atoms with E-state index in [2.05, 4.69) is 20.6 Å². The van der Waals surface area contributed by atoms with Crippen LogP contribution in [0.4, 0.5) is 9.80 Å². The first-order valence-corrected chi connectivity index (χ1v) is 6.33. The van der Waals surface area contributed by atoms with E-state index in [-0.39, 0.29) is 11.6 Å². The highest BCUT2D eigenvalue weighted by molar-refractivity contribution is 7.14. The van der Waals surface area contributed by atoms with Crippen LogP contribution in [0.1, 0.15) is 29.1 Å². The normalized spacial score (nSPS) is 11.8. The minimum absolute atomic E-state index is 0.0748. The molecule has 0 fully saturated rings. The lowest BCUT2D eigenvalue weighted by Crippen LogP contribution is -2.31. The molecule has 2 heterocycles. The lowest BCUT2D eigenvalue weighted by molar-refractivity contribution is 0.0698. The maximum atomic E-state index is 11.7. The van der Waals surface area contributed by atoms with E-state index >= 15 is 0 Å². The molecule has 0 bridgehead atoms. The molecular formula is C11H12N4O3S. The van der Waals surface area contributed by atoms with Crippen LogP contribution in [-0.2, 0) is 0 Å². The maximum absolute atomic E-state index is 11.7. The minimum atomic E-state index is -1.07. The Bertz CT molecular complexity index is 579. The largest absolute Gasteiger partial charge is 0.478 e. The number of aromatic amines is 1. The molecule has 0 saturated heterocycles. The van der Waals surface area contributed by atoms with Crippen molar-refractivity contribution in [3.63, 3.8) is 0 Å². The van der Waals surface area contributed by atoms with E-state index in [1.807, 2.05) is 0 Å². The average molecular weight is 280 g/mol. The predicted molar refractivity (Wildman–Crippen MR) is 70.4 cm³/mol. The molecule has 2 rings (SSSR count). The standard InChI is InChI=1S/C11H12N4O3S/c1-6(8-12-3-4-13-8)14-11(18)15-9-7(10(16)17)2-5-19-9/h2-6H,1H3,(H,12,13)(H,16,17)(H2,14,15,18). The van der Waals surface area contributed by atoms with E-state index in [9.17, 15) is 9.59 Å². The lowest BCUT2D eigenvalue weighted by atomic mass is 10.3. The molecule has 100 valence electrons. The van der Waals surface area contributed by atoms with Gasteiger partial charge >= 0.3 is 12.0 Å². The number of amides is 2. The van der Waals surface area contributed by atoms with Crippen LogP contribution in [0, 0.1) is 0 Å². The number of carboxylic acids is 1. The van der Waals surface area contributed by atoms with Crippen molar-refractivity contribution < 1.29 is 14.7 Å². The summed E-state index contributed by atoms with van der Waals surface area (Å²) in [5, 5.41) is 16.0. The van der Waals surface area contributed by atoms with Crippen molar-refractivity contribution in [2.75, 3.05) is 5.32 Å². The summed E-state index contributed by atoms with van der Waals surface area (Å²) in [6, 6.07) is 0.663. The van der Waals surface area contributed by atoms with Gasteiger partial charge in [-0.05, 0) is 18.4 Å². The third-order valence-corrected chi connectivity index (χ3v) is 3.23. The van der Waals surface area contributed by atoms with Crippen molar-refractivity contribution in [3.05, 3.63) is 35.2 Å². The fraction of sp³-hybridized carbons (Fsp3) is 0.182. The first-order valence-electron chi connectivity index (χ1n) is 5.45. The number of rotatable bonds is 4. The summed E-state index contributed by atoms with van der Waals surface area (Å²) >= 11 is 1.15. The highest BCUT2D eigenvalue weighted by Crippen LogP contribution is 2.23. The zero-order chi connectivity index (χ0) is 13.8. The zero-order valence-corrected chi connectivity index (χ0v) is 10.8. The van der Waals surface area contributed by atoms with E-state index in [0.29, 0.717) is 10.8 Å². The molecule has 7 nitrogen and oxygen atoms in total. The van der Waals surface area contributed by atoms with Crippen molar-refractivity contribution in [1.82, 2.24) is 15.3 Å². The molecule has 0 aromatic carbocycles. The van der Waals surface area contributed by atoms with E-state index in [4.69, 9.17) is 5.11 Å². The van der Waals surface area contributed by atoms with Gasteiger partial charge in [-0.2, -0.15) is 0 Å². The van der Waals surface area contributed by atoms with Gasteiger partial charge in [0.05, 0.1) is 11.6 Å². The van der Waals surface area contributed by atoms with Crippen molar-refractivity contribution in [2.24, 2.45) is 0 Å². The molecule has 0 saturated carbocycles. The summed E-state index contributed by atoms with van der Waals surface area (Å²) < 4.78 is 0. The van der Waals surface area contributed by atoms with Crippen molar-refractivity contribution in [3.8, 4) is 0 Å². The summed E-state index contributed by atoms with van der Waals surface area (Å²) in [4.78, 5) is 29.5. The van der Waals surface area contributed by atoms with Crippen LogP contribution in [0.5, 0.6) is 0 Å². The van der Waals surface area contributed by atoms with Gasteiger partial charge in [-0.25, -0.2) is 14.6 Å². The number of carboxylic acid groups (broad SMARTS) is 1. The van der Waals surface area contributed by atoms with Crippen LogP contribution in [-0.4, -0.2) is 27.1 Å². The number of nitrogens with one attached hydrogen (secondary N) is 3. The Morgan fingerprint density at radius 1 is 1.53 bits per heavy atom. The molecule has 0 aliphatic rings. The molecule has 1 atom stereocenters. The van der Waals surface area contributed by atoms with Crippen molar-refractivity contribution in [2.45, 2.75) is 13.0 Å². The van der Waals surface area contributed by atoms with Crippen molar-refractivity contribution >= 4 is 28.3 Å². The second kappa shape index (κ2) is 5.53.